The predicted octanol–water partition coefficient (Wildman–Crippen LogP) is 1.22. The summed E-state index contributed by atoms with van der Waals surface area (Å²) in [5.74, 6) is 0. The van der Waals surface area contributed by atoms with Gasteiger partial charge in [-0.3, -0.25) is 4.90 Å². The molecular formula is C9H15NO. The van der Waals surface area contributed by atoms with E-state index in [4.69, 9.17) is 0 Å². The van der Waals surface area contributed by atoms with Crippen LogP contribution in [0.4, 0.5) is 0 Å². The first-order chi connectivity index (χ1) is 5.25. The lowest BCUT2D eigenvalue weighted by Gasteiger charge is -2.24. The van der Waals surface area contributed by atoms with E-state index in [0.717, 1.165) is 12.8 Å². The third-order valence-corrected chi connectivity index (χ3v) is 2.22. The highest BCUT2D eigenvalue weighted by Crippen LogP contribution is 2.15. The van der Waals surface area contributed by atoms with Crippen molar-refractivity contribution in [3.63, 3.8) is 0 Å². The van der Waals surface area contributed by atoms with Crippen LogP contribution in [-0.2, 0) is 4.79 Å². The summed E-state index contributed by atoms with van der Waals surface area (Å²) in [5.41, 5.74) is 0. The summed E-state index contributed by atoms with van der Waals surface area (Å²) in [4.78, 5) is 12.4. The van der Waals surface area contributed by atoms with E-state index in [2.05, 4.69) is 30.9 Å². The Balaban J connectivity index is 2.38. The van der Waals surface area contributed by atoms with Crippen molar-refractivity contribution < 1.29 is 4.79 Å². The molecule has 1 aliphatic heterocycles. The van der Waals surface area contributed by atoms with Gasteiger partial charge in [-0.1, -0.05) is 12.2 Å². The molecule has 0 aliphatic carbocycles. The standard InChI is InChI=1S/C9H15NO/c1-8-4-5-9(2)10(8)6-3-7-11/h4-5,7-9H,3,6H2,1-2H3/t8-,9+. The molecule has 2 atom stereocenters. The van der Waals surface area contributed by atoms with Gasteiger partial charge in [0.15, 0.2) is 0 Å². The van der Waals surface area contributed by atoms with E-state index in [1.807, 2.05) is 0 Å². The van der Waals surface area contributed by atoms with Crippen LogP contribution in [0.1, 0.15) is 20.3 Å². The molecule has 0 aromatic carbocycles. The van der Waals surface area contributed by atoms with Gasteiger partial charge in [-0.15, -0.1) is 0 Å². The van der Waals surface area contributed by atoms with E-state index in [-0.39, 0.29) is 0 Å². The van der Waals surface area contributed by atoms with Gasteiger partial charge in [0.25, 0.3) is 0 Å². The topological polar surface area (TPSA) is 20.3 Å². The van der Waals surface area contributed by atoms with Crippen molar-refractivity contribution in [2.75, 3.05) is 6.54 Å². The van der Waals surface area contributed by atoms with Crippen molar-refractivity contribution >= 4 is 6.29 Å². The van der Waals surface area contributed by atoms with Gasteiger partial charge in [0, 0.05) is 25.0 Å². The third kappa shape index (κ3) is 1.90. The molecule has 11 heavy (non-hydrogen) atoms. The van der Waals surface area contributed by atoms with E-state index >= 15 is 0 Å². The molecule has 0 spiro atoms. The number of nitrogens with zero attached hydrogens (tertiary/aromatic N) is 1. The fourth-order valence-corrected chi connectivity index (χ4v) is 1.52. The highest BCUT2D eigenvalue weighted by molar-refractivity contribution is 5.49. The number of carbonyl (C=O) groups is 1. The van der Waals surface area contributed by atoms with Crippen LogP contribution in [0, 0.1) is 0 Å². The van der Waals surface area contributed by atoms with Gasteiger partial charge in [-0.2, -0.15) is 0 Å². The largest absolute Gasteiger partial charge is 0.303 e. The second kappa shape index (κ2) is 3.67. The number of hydrogen-bond donors (Lipinski definition) is 0. The Morgan fingerprint density at radius 2 is 1.91 bits per heavy atom. The first-order valence-electron chi connectivity index (χ1n) is 4.13. The summed E-state index contributed by atoms with van der Waals surface area (Å²) in [5, 5.41) is 0. The monoisotopic (exact) mass is 153 g/mol. The summed E-state index contributed by atoms with van der Waals surface area (Å²) in [6.07, 6.45) is 6.01. The Bertz CT molecular complexity index is 153. The molecule has 0 N–H and O–H groups in total. The van der Waals surface area contributed by atoms with Gasteiger partial charge in [-0.05, 0) is 13.8 Å². The van der Waals surface area contributed by atoms with Gasteiger partial charge >= 0.3 is 0 Å². The Morgan fingerprint density at radius 3 is 2.36 bits per heavy atom. The highest BCUT2D eigenvalue weighted by atomic mass is 16.1. The molecular weight excluding hydrogens is 138 g/mol. The van der Waals surface area contributed by atoms with Crippen LogP contribution in [0.25, 0.3) is 0 Å². The Hall–Kier alpha value is -0.630. The molecule has 0 aromatic rings. The Morgan fingerprint density at radius 1 is 1.36 bits per heavy atom. The molecule has 0 fully saturated rings. The van der Waals surface area contributed by atoms with Crippen molar-refractivity contribution in [1.29, 1.82) is 0 Å². The molecule has 2 nitrogen and oxygen atoms in total. The number of aldehydes is 1. The summed E-state index contributed by atoms with van der Waals surface area (Å²) in [6.45, 7) is 5.20. The van der Waals surface area contributed by atoms with Crippen LogP contribution < -0.4 is 0 Å². The van der Waals surface area contributed by atoms with Crippen LogP contribution in [0.15, 0.2) is 12.2 Å². The molecule has 2 heteroatoms. The molecule has 62 valence electrons. The minimum absolute atomic E-state index is 0.505. The quantitative estimate of drug-likeness (QED) is 0.449. The zero-order chi connectivity index (χ0) is 8.27. The van der Waals surface area contributed by atoms with E-state index < -0.39 is 0 Å². The fourth-order valence-electron chi connectivity index (χ4n) is 1.52. The molecule has 0 unspecified atom stereocenters. The van der Waals surface area contributed by atoms with Gasteiger partial charge in [0.1, 0.15) is 6.29 Å². The normalized spacial score (nSPS) is 31.1. The fraction of sp³-hybridized carbons (Fsp3) is 0.667. The van der Waals surface area contributed by atoms with Crippen LogP contribution in [0.3, 0.4) is 0 Å². The molecule has 1 heterocycles. The number of hydrogen-bond acceptors (Lipinski definition) is 2. The van der Waals surface area contributed by atoms with Crippen LogP contribution in [-0.4, -0.2) is 29.8 Å². The zero-order valence-electron chi connectivity index (χ0n) is 7.16. The minimum atomic E-state index is 0.505. The van der Waals surface area contributed by atoms with Crippen LogP contribution in [0.2, 0.25) is 0 Å². The molecule has 0 amide bonds. The second-order valence-electron chi connectivity index (χ2n) is 3.06. The van der Waals surface area contributed by atoms with Crippen LogP contribution >= 0.6 is 0 Å². The molecule has 1 rings (SSSR count). The maximum Gasteiger partial charge on any atom is 0.121 e. The van der Waals surface area contributed by atoms with Gasteiger partial charge in [-0.25, -0.2) is 0 Å². The summed E-state index contributed by atoms with van der Waals surface area (Å²) < 4.78 is 0. The molecule has 0 saturated heterocycles. The van der Waals surface area contributed by atoms with Gasteiger partial charge in [0.2, 0.25) is 0 Å². The van der Waals surface area contributed by atoms with Crippen molar-refractivity contribution in [3.8, 4) is 0 Å². The maximum atomic E-state index is 10.1. The number of rotatable bonds is 3. The van der Waals surface area contributed by atoms with E-state index in [9.17, 15) is 4.79 Å². The molecule has 1 aliphatic rings. The molecule has 0 saturated carbocycles. The lowest BCUT2D eigenvalue weighted by atomic mass is 10.3. The maximum absolute atomic E-state index is 10.1. The smallest absolute Gasteiger partial charge is 0.121 e. The average molecular weight is 153 g/mol. The summed E-state index contributed by atoms with van der Waals surface area (Å²) in [7, 11) is 0. The zero-order valence-corrected chi connectivity index (χ0v) is 7.16. The van der Waals surface area contributed by atoms with Crippen molar-refractivity contribution in [2.24, 2.45) is 0 Å². The van der Waals surface area contributed by atoms with Gasteiger partial charge in [0.05, 0.1) is 0 Å². The lowest BCUT2D eigenvalue weighted by molar-refractivity contribution is -0.108. The van der Waals surface area contributed by atoms with E-state index in [0.29, 0.717) is 18.5 Å². The highest BCUT2D eigenvalue weighted by Gasteiger charge is 2.20. The summed E-state index contributed by atoms with van der Waals surface area (Å²) >= 11 is 0. The lowest BCUT2D eigenvalue weighted by Crippen LogP contribution is -2.34. The van der Waals surface area contributed by atoms with Crippen molar-refractivity contribution in [2.45, 2.75) is 32.4 Å². The minimum Gasteiger partial charge on any atom is -0.303 e. The SMILES string of the molecule is C[C@@H]1C=C[C@H](C)N1CCC=O. The second-order valence-corrected chi connectivity index (χ2v) is 3.06. The number of carbonyl (C=O) groups excluding carboxylic acids is 1. The van der Waals surface area contributed by atoms with E-state index in [1.165, 1.54) is 0 Å². The van der Waals surface area contributed by atoms with Crippen LogP contribution in [0.5, 0.6) is 0 Å². The first kappa shape index (κ1) is 8.47. The van der Waals surface area contributed by atoms with Gasteiger partial charge < -0.3 is 4.79 Å². The molecule has 0 radical (unpaired) electrons. The van der Waals surface area contributed by atoms with Crippen molar-refractivity contribution in [3.05, 3.63) is 12.2 Å². The van der Waals surface area contributed by atoms with E-state index in [1.54, 1.807) is 0 Å². The third-order valence-electron chi connectivity index (χ3n) is 2.22. The Labute approximate surface area is 67.9 Å². The summed E-state index contributed by atoms with van der Waals surface area (Å²) in [6, 6.07) is 1.01. The average Bonchev–Trinajstić information content (AvgIpc) is 2.29. The molecule has 0 bridgehead atoms. The first-order valence-corrected chi connectivity index (χ1v) is 4.13. The van der Waals surface area contributed by atoms with Crippen molar-refractivity contribution in [1.82, 2.24) is 4.90 Å². The predicted molar refractivity (Wildman–Crippen MR) is 45.5 cm³/mol. The molecule has 0 aromatic heterocycles. The Kier molecular flexibility index (Phi) is 2.83.